The average Bonchev–Trinajstić information content (AvgIpc) is 2.63. The molecule has 0 bridgehead atoms. The summed E-state index contributed by atoms with van der Waals surface area (Å²) in [6.07, 6.45) is 0.0538. The van der Waals surface area contributed by atoms with Gasteiger partial charge >= 0.3 is 5.97 Å². The van der Waals surface area contributed by atoms with Gasteiger partial charge < -0.3 is 14.2 Å². The molecule has 1 fully saturated rings. The van der Waals surface area contributed by atoms with Crippen molar-refractivity contribution in [2.24, 2.45) is 0 Å². The maximum atomic E-state index is 11.9. The molecular weight excluding hydrogens is 304 g/mol. The third-order valence-electron chi connectivity index (χ3n) is 4.02. The zero-order valence-electron chi connectivity index (χ0n) is 13.8. The van der Waals surface area contributed by atoms with Gasteiger partial charge in [0.2, 0.25) is 0 Å². The van der Waals surface area contributed by atoms with E-state index in [9.17, 15) is 4.79 Å². The SMILES string of the molecule is CCOC(=O)C[C@H]1C[C@@H](c2ccccc2)OC(c2ccccc2)O1. The lowest BCUT2D eigenvalue weighted by atomic mass is 9.99. The lowest BCUT2D eigenvalue weighted by Gasteiger charge is -2.36. The third-order valence-corrected chi connectivity index (χ3v) is 4.02. The number of hydrogen-bond acceptors (Lipinski definition) is 4. The van der Waals surface area contributed by atoms with Crippen LogP contribution in [0, 0.1) is 0 Å². The van der Waals surface area contributed by atoms with Crippen molar-refractivity contribution in [3.8, 4) is 0 Å². The minimum absolute atomic E-state index is 0.107. The van der Waals surface area contributed by atoms with Crippen LogP contribution in [-0.2, 0) is 19.0 Å². The van der Waals surface area contributed by atoms with E-state index in [-0.39, 0.29) is 24.6 Å². The summed E-state index contributed by atoms with van der Waals surface area (Å²) in [6, 6.07) is 19.9. The van der Waals surface area contributed by atoms with Crippen molar-refractivity contribution in [2.45, 2.75) is 38.3 Å². The summed E-state index contributed by atoms with van der Waals surface area (Å²) in [7, 11) is 0. The van der Waals surface area contributed by atoms with E-state index in [0.717, 1.165) is 11.1 Å². The van der Waals surface area contributed by atoms with Crippen LogP contribution in [-0.4, -0.2) is 18.7 Å². The van der Waals surface area contributed by atoms with Crippen LogP contribution in [0.5, 0.6) is 0 Å². The Morgan fingerprint density at radius 3 is 2.25 bits per heavy atom. The quantitative estimate of drug-likeness (QED) is 0.773. The second kappa shape index (κ2) is 8.08. The highest BCUT2D eigenvalue weighted by molar-refractivity contribution is 5.69. The standard InChI is InChI=1S/C20H22O4/c1-2-22-19(21)14-17-13-18(15-9-5-3-6-10-15)24-20(23-17)16-11-7-4-8-12-16/h3-12,17-18,20H,2,13-14H2,1H3/t17-,18+,20?/m1/s1. The number of esters is 1. The number of rotatable bonds is 5. The smallest absolute Gasteiger partial charge is 0.308 e. The zero-order valence-corrected chi connectivity index (χ0v) is 13.8. The molecular formula is C20H22O4. The molecule has 4 nitrogen and oxygen atoms in total. The summed E-state index contributed by atoms with van der Waals surface area (Å²) >= 11 is 0. The van der Waals surface area contributed by atoms with Crippen molar-refractivity contribution in [2.75, 3.05) is 6.61 Å². The Morgan fingerprint density at radius 2 is 1.62 bits per heavy atom. The maximum Gasteiger partial charge on any atom is 0.308 e. The third kappa shape index (κ3) is 4.22. The Labute approximate surface area is 142 Å². The van der Waals surface area contributed by atoms with E-state index < -0.39 is 6.29 Å². The van der Waals surface area contributed by atoms with Gasteiger partial charge in [0.25, 0.3) is 0 Å². The predicted molar refractivity (Wildman–Crippen MR) is 90.2 cm³/mol. The Bertz CT molecular complexity index is 594. The van der Waals surface area contributed by atoms with E-state index >= 15 is 0 Å². The van der Waals surface area contributed by atoms with Crippen LogP contribution in [0.1, 0.15) is 43.3 Å². The molecule has 2 aromatic carbocycles. The van der Waals surface area contributed by atoms with Gasteiger partial charge in [0.05, 0.1) is 25.2 Å². The van der Waals surface area contributed by atoms with Crippen LogP contribution >= 0.6 is 0 Å². The van der Waals surface area contributed by atoms with E-state index in [1.807, 2.05) is 67.6 Å². The first-order chi connectivity index (χ1) is 11.8. The van der Waals surface area contributed by atoms with E-state index in [1.54, 1.807) is 0 Å². The highest BCUT2D eigenvalue weighted by Gasteiger charge is 2.33. The van der Waals surface area contributed by atoms with Crippen LogP contribution in [0.25, 0.3) is 0 Å². The van der Waals surface area contributed by atoms with Crippen molar-refractivity contribution >= 4 is 5.97 Å². The molecule has 3 rings (SSSR count). The lowest BCUT2D eigenvalue weighted by molar-refractivity contribution is -0.251. The molecule has 0 saturated carbocycles. The number of carbonyl (C=O) groups is 1. The van der Waals surface area contributed by atoms with Crippen LogP contribution < -0.4 is 0 Å². The molecule has 2 aromatic rings. The van der Waals surface area contributed by atoms with Gasteiger partial charge in [-0.1, -0.05) is 60.7 Å². The van der Waals surface area contributed by atoms with Gasteiger partial charge in [-0.25, -0.2) is 0 Å². The summed E-state index contributed by atoms with van der Waals surface area (Å²) in [4.78, 5) is 11.9. The Hall–Kier alpha value is -2.17. The van der Waals surface area contributed by atoms with Crippen molar-refractivity contribution in [3.63, 3.8) is 0 Å². The number of carbonyl (C=O) groups excluding carboxylic acids is 1. The Morgan fingerprint density at radius 1 is 1.00 bits per heavy atom. The van der Waals surface area contributed by atoms with Crippen molar-refractivity contribution in [3.05, 3.63) is 71.8 Å². The molecule has 0 N–H and O–H groups in total. The molecule has 24 heavy (non-hydrogen) atoms. The monoisotopic (exact) mass is 326 g/mol. The Balaban J connectivity index is 1.79. The summed E-state index contributed by atoms with van der Waals surface area (Å²) in [5.41, 5.74) is 2.04. The van der Waals surface area contributed by atoms with Gasteiger partial charge in [-0.3, -0.25) is 4.79 Å². The number of ether oxygens (including phenoxy) is 3. The lowest BCUT2D eigenvalue weighted by Crippen LogP contribution is -2.31. The molecule has 0 aromatic heterocycles. The topological polar surface area (TPSA) is 44.8 Å². The molecule has 0 spiro atoms. The molecule has 1 heterocycles. The van der Waals surface area contributed by atoms with Crippen LogP contribution in [0.3, 0.4) is 0 Å². The highest BCUT2D eigenvalue weighted by atomic mass is 16.7. The molecule has 1 aliphatic rings. The first-order valence-electron chi connectivity index (χ1n) is 8.32. The molecule has 1 saturated heterocycles. The van der Waals surface area contributed by atoms with Crippen LogP contribution in [0.15, 0.2) is 60.7 Å². The molecule has 1 unspecified atom stereocenters. The Kier molecular flexibility index (Phi) is 5.62. The van der Waals surface area contributed by atoms with Gasteiger partial charge in [0.15, 0.2) is 6.29 Å². The van der Waals surface area contributed by atoms with Crippen molar-refractivity contribution in [1.29, 1.82) is 0 Å². The summed E-state index contributed by atoms with van der Waals surface area (Å²) < 4.78 is 17.2. The van der Waals surface area contributed by atoms with E-state index in [4.69, 9.17) is 14.2 Å². The van der Waals surface area contributed by atoms with Crippen LogP contribution in [0.4, 0.5) is 0 Å². The second-order valence-electron chi connectivity index (χ2n) is 5.78. The molecule has 0 amide bonds. The molecule has 0 aliphatic carbocycles. The molecule has 0 radical (unpaired) electrons. The first kappa shape index (κ1) is 16.7. The van der Waals surface area contributed by atoms with Gasteiger partial charge in [-0.05, 0) is 12.5 Å². The van der Waals surface area contributed by atoms with E-state index in [0.29, 0.717) is 13.0 Å². The van der Waals surface area contributed by atoms with Gasteiger partial charge in [-0.2, -0.15) is 0 Å². The molecule has 4 heteroatoms. The van der Waals surface area contributed by atoms with Gasteiger partial charge in [-0.15, -0.1) is 0 Å². The minimum atomic E-state index is -0.482. The van der Waals surface area contributed by atoms with Crippen LogP contribution in [0.2, 0.25) is 0 Å². The maximum absolute atomic E-state index is 11.9. The second-order valence-corrected chi connectivity index (χ2v) is 5.78. The summed E-state index contributed by atoms with van der Waals surface area (Å²) in [6.45, 7) is 2.19. The number of hydrogen-bond donors (Lipinski definition) is 0. The molecule has 1 aliphatic heterocycles. The molecule has 126 valence electrons. The normalized spacial score (nSPS) is 23.6. The van der Waals surface area contributed by atoms with E-state index in [2.05, 4.69) is 0 Å². The summed E-state index contributed by atoms with van der Waals surface area (Å²) in [5, 5.41) is 0. The fraction of sp³-hybridized carbons (Fsp3) is 0.350. The number of benzene rings is 2. The van der Waals surface area contributed by atoms with Gasteiger partial charge in [0, 0.05) is 12.0 Å². The molecule has 3 atom stereocenters. The fourth-order valence-corrected chi connectivity index (χ4v) is 2.89. The largest absolute Gasteiger partial charge is 0.466 e. The van der Waals surface area contributed by atoms with Crippen molar-refractivity contribution in [1.82, 2.24) is 0 Å². The predicted octanol–water partition coefficient (Wildman–Crippen LogP) is 4.19. The van der Waals surface area contributed by atoms with Crippen molar-refractivity contribution < 1.29 is 19.0 Å². The average molecular weight is 326 g/mol. The minimum Gasteiger partial charge on any atom is -0.466 e. The fourth-order valence-electron chi connectivity index (χ4n) is 2.89. The first-order valence-corrected chi connectivity index (χ1v) is 8.32. The van der Waals surface area contributed by atoms with Gasteiger partial charge in [0.1, 0.15) is 0 Å². The summed E-state index contributed by atoms with van der Waals surface area (Å²) in [5.74, 6) is -0.233. The highest BCUT2D eigenvalue weighted by Crippen LogP contribution is 2.38. The van der Waals surface area contributed by atoms with E-state index in [1.165, 1.54) is 0 Å². The zero-order chi connectivity index (χ0) is 16.8.